The molecule has 3 heterocycles. The summed E-state index contributed by atoms with van der Waals surface area (Å²) in [6.07, 6.45) is 5.38. The third kappa shape index (κ3) is 2.11. The van der Waals surface area contributed by atoms with Crippen LogP contribution >= 0.6 is 0 Å². The smallest absolute Gasteiger partial charge is 0.0504 e. The van der Waals surface area contributed by atoms with Gasteiger partial charge in [0.25, 0.3) is 0 Å². The van der Waals surface area contributed by atoms with Gasteiger partial charge in [-0.25, -0.2) is 0 Å². The first-order chi connectivity index (χ1) is 10.8. The number of aliphatic hydroxyl groups is 1. The molecule has 2 aromatic rings. The van der Waals surface area contributed by atoms with Crippen LogP contribution < -0.4 is 0 Å². The van der Waals surface area contributed by atoms with Crippen molar-refractivity contribution >= 4 is 10.9 Å². The quantitative estimate of drug-likeness (QED) is 0.853. The second kappa shape index (κ2) is 5.56. The minimum atomic E-state index is 0.223. The van der Waals surface area contributed by atoms with E-state index in [4.69, 9.17) is 0 Å². The molecule has 1 saturated heterocycles. The van der Waals surface area contributed by atoms with Crippen LogP contribution in [0.25, 0.3) is 10.9 Å². The van der Waals surface area contributed by atoms with Gasteiger partial charge in [-0.05, 0) is 43.4 Å². The summed E-state index contributed by atoms with van der Waals surface area (Å²) in [7, 11) is 0. The molecule has 1 fully saturated rings. The molecule has 0 saturated carbocycles. The third-order valence-corrected chi connectivity index (χ3v) is 5.70. The molecule has 0 aliphatic carbocycles. The lowest BCUT2D eigenvalue weighted by Gasteiger charge is -2.43. The van der Waals surface area contributed by atoms with Crippen molar-refractivity contribution in [3.05, 3.63) is 48.2 Å². The minimum Gasteiger partial charge on any atom is -0.396 e. The number of hydrogen-bond acceptors (Lipinski definition) is 2. The van der Waals surface area contributed by atoms with E-state index in [9.17, 15) is 5.11 Å². The van der Waals surface area contributed by atoms with Crippen LogP contribution in [0.15, 0.2) is 36.9 Å². The molecule has 0 radical (unpaired) electrons. The molecule has 2 aliphatic rings. The van der Waals surface area contributed by atoms with E-state index in [0.717, 1.165) is 25.9 Å². The molecule has 3 atom stereocenters. The molecule has 4 rings (SSSR count). The number of piperidine rings is 1. The number of H-pyrrole nitrogens is 1. The molecule has 0 bridgehead atoms. The zero-order valence-corrected chi connectivity index (χ0v) is 13.0. The topological polar surface area (TPSA) is 39.3 Å². The van der Waals surface area contributed by atoms with Gasteiger partial charge in [0.15, 0.2) is 0 Å². The highest BCUT2D eigenvalue weighted by molar-refractivity contribution is 5.85. The van der Waals surface area contributed by atoms with Gasteiger partial charge in [-0.2, -0.15) is 0 Å². The third-order valence-electron chi connectivity index (χ3n) is 5.70. The summed E-state index contributed by atoms with van der Waals surface area (Å²) in [6, 6.07) is 9.13. The Kier molecular flexibility index (Phi) is 3.55. The highest BCUT2D eigenvalue weighted by Gasteiger charge is 2.37. The molecule has 116 valence electrons. The van der Waals surface area contributed by atoms with Crippen LogP contribution in [0, 0.1) is 11.8 Å². The number of hydrogen-bond donors (Lipinski definition) is 2. The average molecular weight is 296 g/mol. The summed E-state index contributed by atoms with van der Waals surface area (Å²) < 4.78 is 0. The van der Waals surface area contributed by atoms with E-state index in [0.29, 0.717) is 12.0 Å². The van der Waals surface area contributed by atoms with Gasteiger partial charge in [0.1, 0.15) is 0 Å². The molecule has 1 aromatic heterocycles. The van der Waals surface area contributed by atoms with Crippen LogP contribution in [0.4, 0.5) is 0 Å². The van der Waals surface area contributed by atoms with Crippen molar-refractivity contribution in [1.29, 1.82) is 0 Å². The van der Waals surface area contributed by atoms with Gasteiger partial charge in [-0.3, -0.25) is 4.90 Å². The first-order valence-corrected chi connectivity index (χ1v) is 8.38. The number of aromatic nitrogens is 1. The van der Waals surface area contributed by atoms with Crippen molar-refractivity contribution in [2.24, 2.45) is 11.8 Å². The maximum atomic E-state index is 9.59. The monoisotopic (exact) mass is 296 g/mol. The number of rotatable bonds is 3. The number of benzene rings is 1. The van der Waals surface area contributed by atoms with E-state index >= 15 is 0 Å². The number of nitrogens with one attached hydrogen (secondary N) is 1. The molecule has 22 heavy (non-hydrogen) atoms. The second-order valence-corrected chi connectivity index (χ2v) is 6.73. The highest BCUT2D eigenvalue weighted by Crippen LogP contribution is 2.42. The maximum absolute atomic E-state index is 9.59. The van der Waals surface area contributed by atoms with E-state index in [1.165, 1.54) is 28.6 Å². The van der Waals surface area contributed by atoms with Crippen LogP contribution in [-0.2, 0) is 6.42 Å². The van der Waals surface area contributed by atoms with Crippen molar-refractivity contribution in [3.8, 4) is 0 Å². The molecule has 0 spiro atoms. The van der Waals surface area contributed by atoms with Crippen molar-refractivity contribution in [2.45, 2.75) is 25.3 Å². The molecule has 2 N–H and O–H groups in total. The fourth-order valence-electron chi connectivity index (χ4n) is 4.44. The molecular weight excluding hydrogens is 272 g/mol. The SMILES string of the molecule is C=CC(CO)[C@H]1CCN2CCc3c([nH]c4ccccc34)[C@@H]2C1. The fourth-order valence-corrected chi connectivity index (χ4v) is 4.44. The lowest BCUT2D eigenvalue weighted by molar-refractivity contribution is 0.0704. The van der Waals surface area contributed by atoms with Gasteiger partial charge in [0.05, 0.1) is 6.04 Å². The zero-order valence-electron chi connectivity index (χ0n) is 13.0. The van der Waals surface area contributed by atoms with E-state index in [1.54, 1.807) is 0 Å². The van der Waals surface area contributed by atoms with Crippen molar-refractivity contribution in [3.63, 3.8) is 0 Å². The van der Waals surface area contributed by atoms with Crippen LogP contribution in [0.5, 0.6) is 0 Å². The van der Waals surface area contributed by atoms with Crippen LogP contribution in [0.1, 0.15) is 30.1 Å². The van der Waals surface area contributed by atoms with Gasteiger partial charge in [-0.1, -0.05) is 24.3 Å². The Balaban J connectivity index is 1.70. The molecular formula is C19H24N2O. The molecule has 3 heteroatoms. The van der Waals surface area contributed by atoms with Crippen molar-refractivity contribution < 1.29 is 5.11 Å². The van der Waals surface area contributed by atoms with Crippen molar-refractivity contribution in [1.82, 2.24) is 9.88 Å². The Morgan fingerprint density at radius 2 is 2.23 bits per heavy atom. The van der Waals surface area contributed by atoms with Gasteiger partial charge >= 0.3 is 0 Å². The first-order valence-electron chi connectivity index (χ1n) is 8.38. The van der Waals surface area contributed by atoms with Crippen LogP contribution in [-0.4, -0.2) is 34.7 Å². The molecule has 1 unspecified atom stereocenters. The zero-order chi connectivity index (χ0) is 15.1. The Hall–Kier alpha value is -1.58. The summed E-state index contributed by atoms with van der Waals surface area (Å²) in [5, 5.41) is 11.0. The van der Waals surface area contributed by atoms with Crippen molar-refractivity contribution in [2.75, 3.05) is 19.7 Å². The first kappa shape index (κ1) is 14.0. The summed E-state index contributed by atoms with van der Waals surface area (Å²) in [4.78, 5) is 6.30. The Morgan fingerprint density at radius 1 is 1.36 bits per heavy atom. The van der Waals surface area contributed by atoms with Crippen LogP contribution in [0.3, 0.4) is 0 Å². The van der Waals surface area contributed by atoms with Gasteiger partial charge in [0.2, 0.25) is 0 Å². The lowest BCUT2D eigenvalue weighted by Crippen LogP contribution is -2.43. The van der Waals surface area contributed by atoms with E-state index in [-0.39, 0.29) is 12.5 Å². The molecule has 2 aliphatic heterocycles. The summed E-state index contributed by atoms with van der Waals surface area (Å²) >= 11 is 0. The number of aliphatic hydroxyl groups excluding tert-OH is 1. The molecule has 3 nitrogen and oxygen atoms in total. The standard InChI is InChI=1S/C19H24N2O/c1-2-13(12-22)14-7-9-21-10-8-16-15-5-3-4-6-17(15)20-19(16)18(21)11-14/h2-6,13-14,18,20,22H,1,7-12H2/t13?,14-,18-/m0/s1. The lowest BCUT2D eigenvalue weighted by atomic mass is 9.78. The van der Waals surface area contributed by atoms with Gasteiger partial charge in [0, 0.05) is 35.7 Å². The Bertz CT molecular complexity index is 690. The minimum absolute atomic E-state index is 0.223. The predicted molar refractivity (Wildman–Crippen MR) is 89.8 cm³/mol. The average Bonchev–Trinajstić information content (AvgIpc) is 2.95. The number of aromatic amines is 1. The largest absolute Gasteiger partial charge is 0.396 e. The van der Waals surface area contributed by atoms with E-state index < -0.39 is 0 Å². The van der Waals surface area contributed by atoms with E-state index in [1.807, 2.05) is 6.08 Å². The predicted octanol–water partition coefficient (Wildman–Crippen LogP) is 3.27. The number of para-hydroxylation sites is 1. The maximum Gasteiger partial charge on any atom is 0.0504 e. The number of fused-ring (bicyclic) bond motifs is 5. The molecule has 1 aromatic carbocycles. The summed E-state index contributed by atoms with van der Waals surface area (Å²) in [6.45, 7) is 6.42. The second-order valence-electron chi connectivity index (χ2n) is 6.73. The summed E-state index contributed by atoms with van der Waals surface area (Å²) in [5.41, 5.74) is 4.19. The number of nitrogens with zero attached hydrogens (tertiary/aromatic N) is 1. The Morgan fingerprint density at radius 3 is 3.05 bits per heavy atom. The Labute approximate surface area is 131 Å². The van der Waals surface area contributed by atoms with E-state index in [2.05, 4.69) is 40.7 Å². The van der Waals surface area contributed by atoms with Crippen LogP contribution in [0.2, 0.25) is 0 Å². The normalized spacial score (nSPS) is 26.4. The summed E-state index contributed by atoms with van der Waals surface area (Å²) in [5.74, 6) is 0.776. The highest BCUT2D eigenvalue weighted by atomic mass is 16.3. The van der Waals surface area contributed by atoms with Gasteiger partial charge in [-0.15, -0.1) is 6.58 Å². The molecule has 0 amide bonds. The fraction of sp³-hybridized carbons (Fsp3) is 0.474. The van der Waals surface area contributed by atoms with Gasteiger partial charge < -0.3 is 10.1 Å².